The first kappa shape index (κ1) is 26.9. The van der Waals surface area contributed by atoms with Gasteiger partial charge in [0.15, 0.2) is 6.29 Å². The zero-order valence-corrected chi connectivity index (χ0v) is 21.6. The minimum Gasteiger partial charge on any atom is -0.298 e. The van der Waals surface area contributed by atoms with Crippen molar-refractivity contribution in [2.45, 2.75) is 23.6 Å². The Morgan fingerprint density at radius 3 is 1.95 bits per heavy atom. The normalized spacial score (nSPS) is 12.5. The molecule has 0 saturated heterocycles. The van der Waals surface area contributed by atoms with E-state index in [0.717, 1.165) is 11.6 Å². The molecule has 194 valence electrons. The Labute approximate surface area is 218 Å². The van der Waals surface area contributed by atoms with Crippen LogP contribution in [0, 0.1) is 13.8 Å². The molecule has 0 heterocycles. The van der Waals surface area contributed by atoms with Crippen LogP contribution in [0.5, 0.6) is 0 Å². The van der Waals surface area contributed by atoms with Crippen LogP contribution < -0.4 is 0 Å². The summed E-state index contributed by atoms with van der Waals surface area (Å²) in [5, 5.41) is 16.7. The Kier molecular flexibility index (Phi) is 7.29. The van der Waals surface area contributed by atoms with E-state index in [0.29, 0.717) is 35.0 Å². The van der Waals surface area contributed by atoms with Gasteiger partial charge < -0.3 is 0 Å². The van der Waals surface area contributed by atoms with Crippen molar-refractivity contribution >= 4 is 60.0 Å². The van der Waals surface area contributed by atoms with Crippen LogP contribution in [-0.4, -0.2) is 32.2 Å². The number of azo groups is 2. The lowest BCUT2D eigenvalue weighted by molar-refractivity contribution is 0.112. The van der Waals surface area contributed by atoms with Crippen molar-refractivity contribution in [2.75, 3.05) is 0 Å². The molecule has 0 unspecified atom stereocenters. The number of aryl methyl sites for hydroxylation is 2. The monoisotopic (exact) mass is 552 g/mol. The molecule has 0 aromatic heterocycles. The molecule has 4 aromatic rings. The number of fused-ring (bicyclic) bond motifs is 1. The lowest BCUT2D eigenvalue weighted by atomic mass is 10.1. The summed E-state index contributed by atoms with van der Waals surface area (Å²) in [6, 6.07) is 16.3. The molecule has 0 saturated carbocycles. The number of carbonyl (C=O) groups excluding carboxylic acids is 1. The van der Waals surface area contributed by atoms with Crippen LogP contribution in [0.25, 0.3) is 10.8 Å². The molecule has 0 spiro atoms. The van der Waals surface area contributed by atoms with Crippen LogP contribution >= 0.6 is 0 Å². The fourth-order valence-corrected chi connectivity index (χ4v) is 4.90. The predicted molar refractivity (Wildman–Crippen MR) is 140 cm³/mol. The van der Waals surface area contributed by atoms with E-state index in [9.17, 15) is 30.7 Å². The molecular weight excluding hydrogens is 532 g/mol. The molecule has 11 nitrogen and oxygen atoms in total. The minimum absolute atomic E-state index is 0.0153. The summed E-state index contributed by atoms with van der Waals surface area (Å²) in [5.41, 5.74) is 3.48. The Bertz CT molecular complexity index is 1850. The van der Waals surface area contributed by atoms with Crippen LogP contribution in [0.3, 0.4) is 0 Å². The zero-order chi connectivity index (χ0) is 27.7. The van der Waals surface area contributed by atoms with Gasteiger partial charge in [0.25, 0.3) is 20.2 Å². The highest BCUT2D eigenvalue weighted by Crippen LogP contribution is 2.33. The van der Waals surface area contributed by atoms with Crippen LogP contribution in [0.4, 0.5) is 22.7 Å². The molecule has 0 aliphatic heterocycles. The number of hydrogen-bond acceptors (Lipinski definition) is 9. The van der Waals surface area contributed by atoms with Crippen LogP contribution in [-0.2, 0) is 20.2 Å². The first-order chi connectivity index (χ1) is 17.8. The number of nitrogens with zero attached hydrogens (tertiary/aromatic N) is 4. The summed E-state index contributed by atoms with van der Waals surface area (Å²) in [5.74, 6) is 0. The Morgan fingerprint density at radius 1 is 0.684 bits per heavy atom. The maximum absolute atomic E-state index is 11.8. The third-order valence-corrected chi connectivity index (χ3v) is 7.23. The summed E-state index contributed by atoms with van der Waals surface area (Å²) < 4.78 is 65.7. The molecule has 2 N–H and O–H groups in total. The lowest BCUT2D eigenvalue weighted by Gasteiger charge is -2.08. The van der Waals surface area contributed by atoms with Crippen molar-refractivity contribution in [1.82, 2.24) is 0 Å². The highest BCUT2D eigenvalue weighted by molar-refractivity contribution is 7.86. The number of benzene rings is 4. The molecule has 38 heavy (non-hydrogen) atoms. The molecule has 13 heteroatoms. The summed E-state index contributed by atoms with van der Waals surface area (Å²) >= 11 is 0. The molecule has 0 radical (unpaired) electrons. The largest absolute Gasteiger partial charge is 0.298 e. The van der Waals surface area contributed by atoms with Crippen molar-refractivity contribution in [1.29, 1.82) is 0 Å². The van der Waals surface area contributed by atoms with Crippen molar-refractivity contribution in [3.8, 4) is 0 Å². The van der Waals surface area contributed by atoms with Crippen LogP contribution in [0.15, 0.2) is 97.0 Å². The van der Waals surface area contributed by atoms with Crippen molar-refractivity contribution in [3.63, 3.8) is 0 Å². The van der Waals surface area contributed by atoms with Gasteiger partial charge in [0.2, 0.25) is 0 Å². The number of carbonyl (C=O) groups is 1. The fraction of sp³-hybridized carbons (Fsp3) is 0.0800. The Morgan fingerprint density at radius 2 is 1.32 bits per heavy atom. The third-order valence-electron chi connectivity index (χ3n) is 5.50. The van der Waals surface area contributed by atoms with Gasteiger partial charge in [-0.25, -0.2) is 0 Å². The molecular formula is C25H20N4O7S2. The van der Waals surface area contributed by atoms with Crippen LogP contribution in [0.1, 0.15) is 21.5 Å². The number of rotatable bonds is 7. The summed E-state index contributed by atoms with van der Waals surface area (Å²) in [4.78, 5) is 10.3. The second-order valence-electron chi connectivity index (χ2n) is 8.33. The Hall–Kier alpha value is -4.17. The van der Waals surface area contributed by atoms with E-state index in [1.165, 1.54) is 24.3 Å². The topological polar surface area (TPSA) is 175 Å². The second kappa shape index (κ2) is 10.3. The average molecular weight is 553 g/mol. The molecule has 0 aliphatic rings. The first-order valence-corrected chi connectivity index (χ1v) is 13.8. The van der Waals surface area contributed by atoms with E-state index in [1.54, 1.807) is 25.1 Å². The van der Waals surface area contributed by atoms with Gasteiger partial charge in [0.05, 0.1) is 27.6 Å². The quantitative estimate of drug-likeness (QED) is 0.147. The average Bonchev–Trinajstić information content (AvgIpc) is 2.85. The van der Waals surface area contributed by atoms with Gasteiger partial charge in [0.1, 0.15) is 4.90 Å². The first-order valence-electron chi connectivity index (χ1n) is 10.9. The van der Waals surface area contributed by atoms with Gasteiger partial charge in [-0.05, 0) is 73.3 Å². The third kappa shape index (κ3) is 6.03. The van der Waals surface area contributed by atoms with Gasteiger partial charge in [-0.2, -0.15) is 32.2 Å². The van der Waals surface area contributed by atoms with Crippen molar-refractivity contribution in [2.24, 2.45) is 20.5 Å². The zero-order valence-electron chi connectivity index (χ0n) is 20.0. The highest BCUT2D eigenvalue weighted by atomic mass is 32.2. The maximum atomic E-state index is 11.8. The predicted octanol–water partition coefficient (Wildman–Crippen LogP) is 6.59. The van der Waals surface area contributed by atoms with Crippen molar-refractivity contribution < 1.29 is 30.7 Å². The highest BCUT2D eigenvalue weighted by Gasteiger charge is 2.20. The SMILES string of the molecule is Cc1ccc(N=Nc2cc(C)c(N=Nc3ccc4c(S(=O)(=O)O)cc(S(=O)(=O)O)cc4c3)cc2C=O)cc1. The summed E-state index contributed by atoms with van der Waals surface area (Å²) in [6.45, 7) is 3.69. The second-order valence-corrected chi connectivity index (χ2v) is 11.1. The Balaban J connectivity index is 1.71. The van der Waals surface area contributed by atoms with Gasteiger partial charge in [0, 0.05) is 10.9 Å². The van der Waals surface area contributed by atoms with Gasteiger partial charge >= 0.3 is 0 Å². The van der Waals surface area contributed by atoms with Gasteiger partial charge in [-0.15, -0.1) is 5.11 Å². The molecule has 0 fully saturated rings. The molecule has 4 rings (SSSR count). The smallest absolute Gasteiger partial charge is 0.295 e. The van der Waals surface area contributed by atoms with E-state index in [-0.39, 0.29) is 22.0 Å². The molecule has 4 aromatic carbocycles. The van der Waals surface area contributed by atoms with E-state index >= 15 is 0 Å². The number of aldehydes is 1. The van der Waals surface area contributed by atoms with Gasteiger partial charge in [-0.3, -0.25) is 13.9 Å². The summed E-state index contributed by atoms with van der Waals surface area (Å²) in [7, 11) is -9.57. The fourth-order valence-electron chi connectivity index (χ4n) is 3.54. The standard InChI is InChI=1S/C25H20N4O7S2/c1-15-3-5-19(6-4-15)26-29-24-9-16(2)23(12-18(24)14-30)28-27-20-7-8-22-17(10-20)11-21(37(31,32)33)13-25(22)38(34,35)36/h3-14H,1-2H3,(H,31,32,33)(H,34,35,36). The summed E-state index contributed by atoms with van der Waals surface area (Å²) in [6.07, 6.45) is 0.617. The number of hydrogen-bond donors (Lipinski definition) is 2. The van der Waals surface area contributed by atoms with E-state index in [2.05, 4.69) is 20.5 Å². The van der Waals surface area contributed by atoms with E-state index in [1.807, 2.05) is 19.1 Å². The lowest BCUT2D eigenvalue weighted by Crippen LogP contribution is -2.04. The van der Waals surface area contributed by atoms with Crippen LogP contribution in [0.2, 0.25) is 0 Å². The van der Waals surface area contributed by atoms with Crippen molar-refractivity contribution in [3.05, 3.63) is 83.4 Å². The minimum atomic E-state index is -4.80. The van der Waals surface area contributed by atoms with Gasteiger partial charge in [-0.1, -0.05) is 23.8 Å². The molecule has 0 amide bonds. The molecule has 0 aliphatic carbocycles. The van der Waals surface area contributed by atoms with E-state index in [4.69, 9.17) is 0 Å². The maximum Gasteiger partial charge on any atom is 0.295 e. The molecule has 0 atom stereocenters. The molecule has 0 bridgehead atoms. The van der Waals surface area contributed by atoms with E-state index < -0.39 is 30.0 Å².